The van der Waals surface area contributed by atoms with Crippen molar-refractivity contribution in [2.45, 2.75) is 26.9 Å². The average Bonchev–Trinajstić information content (AvgIpc) is 2.03. The minimum absolute atomic E-state index is 0.332. The van der Waals surface area contributed by atoms with E-state index in [-0.39, 0.29) is 0 Å². The zero-order valence-corrected chi connectivity index (χ0v) is 9.97. The zero-order valence-electron chi connectivity index (χ0n) is 9.22. The molecule has 0 saturated carbocycles. The molecule has 0 aromatic rings. The van der Waals surface area contributed by atoms with Crippen LogP contribution in [0.5, 0.6) is 0 Å². The molecule has 0 aliphatic carbocycles. The maximum absolute atomic E-state index is 5.72. The van der Waals surface area contributed by atoms with E-state index in [0.29, 0.717) is 12.0 Å². The molecule has 0 aliphatic heterocycles. The lowest BCUT2D eigenvalue weighted by atomic mass is 10.2. The SMILES string of the molecule is CC(CCl)CN(C)CCOC(C)C. The molecule has 0 amide bonds. The highest BCUT2D eigenvalue weighted by atomic mass is 35.5. The van der Waals surface area contributed by atoms with Crippen LogP contribution < -0.4 is 0 Å². The highest BCUT2D eigenvalue weighted by Gasteiger charge is 2.04. The summed E-state index contributed by atoms with van der Waals surface area (Å²) in [5, 5.41) is 0. The van der Waals surface area contributed by atoms with Gasteiger partial charge in [-0.3, -0.25) is 0 Å². The molecular weight excluding hydrogens is 186 g/mol. The predicted molar refractivity (Wildman–Crippen MR) is 58.5 cm³/mol. The maximum atomic E-state index is 5.72. The molecule has 0 saturated heterocycles. The quantitative estimate of drug-likeness (QED) is 0.594. The fourth-order valence-electron chi connectivity index (χ4n) is 1.12. The monoisotopic (exact) mass is 207 g/mol. The van der Waals surface area contributed by atoms with Gasteiger partial charge in [-0.25, -0.2) is 0 Å². The Labute approximate surface area is 87.2 Å². The van der Waals surface area contributed by atoms with Gasteiger partial charge in [0.1, 0.15) is 0 Å². The third kappa shape index (κ3) is 8.54. The molecule has 0 fully saturated rings. The average molecular weight is 208 g/mol. The Morgan fingerprint density at radius 1 is 1.31 bits per heavy atom. The number of rotatable bonds is 7. The van der Waals surface area contributed by atoms with Gasteiger partial charge < -0.3 is 9.64 Å². The second-order valence-corrected chi connectivity index (χ2v) is 4.25. The van der Waals surface area contributed by atoms with E-state index >= 15 is 0 Å². The van der Waals surface area contributed by atoms with Gasteiger partial charge in [-0.2, -0.15) is 0 Å². The molecule has 13 heavy (non-hydrogen) atoms. The largest absolute Gasteiger partial charge is 0.377 e. The number of likely N-dealkylation sites (N-methyl/N-ethyl adjacent to an activating group) is 1. The van der Waals surface area contributed by atoms with Gasteiger partial charge in [0, 0.05) is 19.0 Å². The lowest BCUT2D eigenvalue weighted by Gasteiger charge is -2.20. The fourth-order valence-corrected chi connectivity index (χ4v) is 1.21. The number of ether oxygens (including phenoxy) is 1. The Bertz CT molecular complexity index is 119. The van der Waals surface area contributed by atoms with Crippen molar-refractivity contribution >= 4 is 11.6 Å². The van der Waals surface area contributed by atoms with E-state index in [0.717, 1.165) is 25.6 Å². The summed E-state index contributed by atoms with van der Waals surface area (Å²) in [6, 6.07) is 0. The van der Waals surface area contributed by atoms with Gasteiger partial charge in [0.15, 0.2) is 0 Å². The number of alkyl halides is 1. The molecular formula is C10H22ClNO. The summed E-state index contributed by atoms with van der Waals surface area (Å²) in [5.74, 6) is 1.29. The number of nitrogens with zero attached hydrogens (tertiary/aromatic N) is 1. The highest BCUT2D eigenvalue weighted by molar-refractivity contribution is 6.18. The third-order valence-corrected chi connectivity index (χ3v) is 2.34. The van der Waals surface area contributed by atoms with E-state index in [9.17, 15) is 0 Å². The van der Waals surface area contributed by atoms with Gasteiger partial charge in [0.25, 0.3) is 0 Å². The number of hydrogen-bond acceptors (Lipinski definition) is 2. The molecule has 0 radical (unpaired) electrons. The summed E-state index contributed by atoms with van der Waals surface area (Å²) in [6.45, 7) is 9.11. The Morgan fingerprint density at radius 3 is 2.38 bits per heavy atom. The van der Waals surface area contributed by atoms with Crippen LogP contribution >= 0.6 is 11.6 Å². The molecule has 3 heteroatoms. The van der Waals surface area contributed by atoms with E-state index in [1.54, 1.807) is 0 Å². The summed E-state index contributed by atoms with van der Waals surface area (Å²) in [6.07, 6.45) is 0.332. The van der Waals surface area contributed by atoms with E-state index in [2.05, 4.69) is 32.7 Å². The second kappa shape index (κ2) is 7.60. The lowest BCUT2D eigenvalue weighted by molar-refractivity contribution is 0.0621. The summed E-state index contributed by atoms with van der Waals surface area (Å²) in [4.78, 5) is 2.26. The van der Waals surface area contributed by atoms with E-state index in [1.165, 1.54) is 0 Å². The molecule has 1 atom stereocenters. The highest BCUT2D eigenvalue weighted by Crippen LogP contribution is 2.00. The predicted octanol–water partition coefficient (Wildman–Crippen LogP) is 2.22. The van der Waals surface area contributed by atoms with Crippen LogP contribution in [0, 0.1) is 5.92 Å². The van der Waals surface area contributed by atoms with Crippen LogP contribution in [-0.4, -0.2) is 43.6 Å². The van der Waals surface area contributed by atoms with Crippen molar-refractivity contribution in [2.24, 2.45) is 5.92 Å². The summed E-state index contributed by atoms with van der Waals surface area (Å²) in [7, 11) is 2.10. The zero-order chi connectivity index (χ0) is 10.3. The van der Waals surface area contributed by atoms with Crippen LogP contribution in [0.25, 0.3) is 0 Å². The Hall–Kier alpha value is 0.210. The van der Waals surface area contributed by atoms with Crippen LogP contribution in [0.4, 0.5) is 0 Å². The molecule has 0 bridgehead atoms. The second-order valence-electron chi connectivity index (χ2n) is 3.94. The van der Waals surface area contributed by atoms with Gasteiger partial charge in [0.2, 0.25) is 0 Å². The first kappa shape index (κ1) is 13.2. The molecule has 2 nitrogen and oxygen atoms in total. The Balaban J connectivity index is 3.34. The molecule has 80 valence electrons. The summed E-state index contributed by atoms with van der Waals surface area (Å²) < 4.78 is 5.45. The molecule has 0 aliphatic rings. The van der Waals surface area contributed by atoms with E-state index in [1.807, 2.05) is 0 Å². The lowest BCUT2D eigenvalue weighted by Crippen LogP contribution is -2.29. The van der Waals surface area contributed by atoms with Crippen LogP contribution in [0.1, 0.15) is 20.8 Å². The molecule has 0 aromatic carbocycles. The molecule has 0 N–H and O–H groups in total. The number of halogens is 1. The minimum atomic E-state index is 0.332. The van der Waals surface area contributed by atoms with E-state index in [4.69, 9.17) is 16.3 Å². The standard InChI is InChI=1S/C10H22ClNO/c1-9(2)13-6-5-12(4)8-10(3)7-11/h9-10H,5-8H2,1-4H3. The first-order chi connectivity index (χ1) is 6.06. The molecule has 0 rings (SSSR count). The van der Waals surface area contributed by atoms with Crippen molar-refractivity contribution in [1.82, 2.24) is 4.90 Å². The van der Waals surface area contributed by atoms with Crippen molar-refractivity contribution in [1.29, 1.82) is 0 Å². The maximum Gasteiger partial charge on any atom is 0.0596 e. The Morgan fingerprint density at radius 2 is 1.92 bits per heavy atom. The number of hydrogen-bond donors (Lipinski definition) is 0. The van der Waals surface area contributed by atoms with E-state index < -0.39 is 0 Å². The van der Waals surface area contributed by atoms with Crippen molar-refractivity contribution in [3.05, 3.63) is 0 Å². The molecule has 0 aromatic heterocycles. The van der Waals surface area contributed by atoms with Gasteiger partial charge in [-0.1, -0.05) is 6.92 Å². The first-order valence-corrected chi connectivity index (χ1v) is 5.45. The van der Waals surface area contributed by atoms with Crippen molar-refractivity contribution in [3.8, 4) is 0 Å². The van der Waals surface area contributed by atoms with Crippen LogP contribution in [0.15, 0.2) is 0 Å². The van der Waals surface area contributed by atoms with Gasteiger partial charge in [-0.15, -0.1) is 11.6 Å². The normalized spacial score (nSPS) is 14.1. The van der Waals surface area contributed by atoms with Crippen molar-refractivity contribution in [2.75, 3.05) is 32.6 Å². The van der Waals surface area contributed by atoms with Crippen LogP contribution in [-0.2, 0) is 4.74 Å². The van der Waals surface area contributed by atoms with Crippen LogP contribution in [0.2, 0.25) is 0 Å². The topological polar surface area (TPSA) is 12.5 Å². The minimum Gasteiger partial charge on any atom is -0.377 e. The van der Waals surface area contributed by atoms with Gasteiger partial charge in [-0.05, 0) is 26.8 Å². The smallest absolute Gasteiger partial charge is 0.0596 e. The molecule has 1 unspecified atom stereocenters. The van der Waals surface area contributed by atoms with Gasteiger partial charge >= 0.3 is 0 Å². The summed E-state index contributed by atoms with van der Waals surface area (Å²) >= 11 is 5.72. The fraction of sp³-hybridized carbons (Fsp3) is 1.00. The molecule has 0 spiro atoms. The molecule has 0 heterocycles. The van der Waals surface area contributed by atoms with Crippen molar-refractivity contribution < 1.29 is 4.74 Å². The van der Waals surface area contributed by atoms with Crippen LogP contribution in [0.3, 0.4) is 0 Å². The van der Waals surface area contributed by atoms with Crippen molar-refractivity contribution in [3.63, 3.8) is 0 Å². The first-order valence-electron chi connectivity index (χ1n) is 4.92. The third-order valence-electron chi connectivity index (χ3n) is 1.81. The summed E-state index contributed by atoms with van der Waals surface area (Å²) in [5.41, 5.74) is 0. The van der Waals surface area contributed by atoms with Gasteiger partial charge in [0.05, 0.1) is 12.7 Å². The Kier molecular flexibility index (Phi) is 7.72.